The number of urea groups is 1. The first-order chi connectivity index (χ1) is 10.7. The maximum Gasteiger partial charge on any atom is 0.315 e. The van der Waals surface area contributed by atoms with E-state index in [2.05, 4.69) is 25.2 Å². The Balaban J connectivity index is 1.61. The first-order valence-electron chi connectivity index (χ1n) is 7.60. The summed E-state index contributed by atoms with van der Waals surface area (Å²) in [5.74, 6) is 1.02. The first-order valence-corrected chi connectivity index (χ1v) is 7.60. The van der Waals surface area contributed by atoms with E-state index in [1.165, 1.54) is 0 Å². The van der Waals surface area contributed by atoms with Crippen LogP contribution in [0.3, 0.4) is 0 Å². The molecule has 0 saturated heterocycles. The van der Waals surface area contributed by atoms with Crippen LogP contribution in [0.2, 0.25) is 0 Å². The predicted octanol–water partition coefficient (Wildman–Crippen LogP) is 2.43. The number of carbonyl (C=O) groups excluding carboxylic acids is 1. The summed E-state index contributed by atoms with van der Waals surface area (Å²) in [6.45, 7) is 5.50. The lowest BCUT2D eigenvalue weighted by atomic mass is 10.2. The number of pyridine rings is 1. The zero-order chi connectivity index (χ0) is 15.8. The minimum Gasteiger partial charge on any atom is -0.338 e. The molecule has 2 amide bonds. The molecule has 0 aromatic carbocycles. The highest BCUT2D eigenvalue weighted by atomic mass is 16.2. The fourth-order valence-corrected chi connectivity index (χ4v) is 2.20. The van der Waals surface area contributed by atoms with Crippen LogP contribution in [0.4, 0.5) is 4.79 Å². The average Bonchev–Trinajstić information content (AvgIpc) is 2.93. The van der Waals surface area contributed by atoms with Gasteiger partial charge in [0.1, 0.15) is 5.82 Å². The van der Waals surface area contributed by atoms with Gasteiger partial charge < -0.3 is 15.2 Å². The lowest BCUT2D eigenvalue weighted by molar-refractivity contribution is 0.237. The Bertz CT molecular complexity index is 581. The maximum absolute atomic E-state index is 11.8. The smallest absolute Gasteiger partial charge is 0.315 e. The summed E-state index contributed by atoms with van der Waals surface area (Å²) in [4.78, 5) is 20.2. The Morgan fingerprint density at radius 3 is 2.82 bits per heavy atom. The molecule has 2 rings (SSSR count). The summed E-state index contributed by atoms with van der Waals surface area (Å²) in [7, 11) is 0. The van der Waals surface area contributed by atoms with Crippen molar-refractivity contribution >= 4 is 6.03 Å². The van der Waals surface area contributed by atoms with Crippen molar-refractivity contribution in [3.8, 4) is 0 Å². The van der Waals surface area contributed by atoms with Crippen LogP contribution in [0.5, 0.6) is 0 Å². The number of unbranched alkanes of at least 4 members (excludes halogenated alkanes) is 1. The number of hydrogen-bond donors (Lipinski definition) is 2. The molecule has 0 spiro atoms. The molecule has 6 heteroatoms. The van der Waals surface area contributed by atoms with Gasteiger partial charge in [0.05, 0.1) is 11.7 Å². The Morgan fingerprint density at radius 2 is 2.14 bits per heavy atom. The van der Waals surface area contributed by atoms with Crippen LogP contribution in [0, 0.1) is 6.92 Å². The normalized spacial score (nSPS) is 11.9. The third kappa shape index (κ3) is 4.87. The fourth-order valence-electron chi connectivity index (χ4n) is 2.20. The summed E-state index contributed by atoms with van der Waals surface area (Å²) in [5, 5.41) is 5.76. The molecule has 0 fully saturated rings. The van der Waals surface area contributed by atoms with Crippen LogP contribution in [0.1, 0.15) is 37.3 Å². The molecule has 0 aliphatic rings. The van der Waals surface area contributed by atoms with Crippen molar-refractivity contribution in [2.24, 2.45) is 0 Å². The van der Waals surface area contributed by atoms with Gasteiger partial charge in [-0.3, -0.25) is 4.98 Å². The molecule has 0 saturated carbocycles. The van der Waals surface area contributed by atoms with Gasteiger partial charge in [0.2, 0.25) is 0 Å². The summed E-state index contributed by atoms with van der Waals surface area (Å²) >= 11 is 0. The third-order valence-corrected chi connectivity index (χ3v) is 3.51. The van der Waals surface area contributed by atoms with Crippen molar-refractivity contribution in [2.75, 3.05) is 6.54 Å². The second kappa shape index (κ2) is 8.17. The number of aromatic nitrogens is 3. The van der Waals surface area contributed by atoms with Crippen molar-refractivity contribution in [1.29, 1.82) is 0 Å². The summed E-state index contributed by atoms with van der Waals surface area (Å²) < 4.78 is 2.11. The number of rotatable bonds is 7. The van der Waals surface area contributed by atoms with Gasteiger partial charge in [0.25, 0.3) is 0 Å². The van der Waals surface area contributed by atoms with Gasteiger partial charge >= 0.3 is 6.03 Å². The number of nitrogens with one attached hydrogen (secondary N) is 2. The van der Waals surface area contributed by atoms with E-state index in [-0.39, 0.29) is 12.1 Å². The molecular weight excluding hydrogens is 278 g/mol. The minimum atomic E-state index is -0.156. The lowest BCUT2D eigenvalue weighted by Crippen LogP contribution is -2.37. The highest BCUT2D eigenvalue weighted by Gasteiger charge is 2.09. The summed E-state index contributed by atoms with van der Waals surface area (Å²) in [5.41, 5.74) is 0.855. The minimum absolute atomic E-state index is 0.102. The predicted molar refractivity (Wildman–Crippen MR) is 85.4 cm³/mol. The van der Waals surface area contributed by atoms with Crippen molar-refractivity contribution in [3.05, 3.63) is 48.3 Å². The molecule has 1 unspecified atom stereocenters. The van der Waals surface area contributed by atoms with Crippen LogP contribution in [-0.4, -0.2) is 27.1 Å². The van der Waals surface area contributed by atoms with Gasteiger partial charge in [-0.2, -0.15) is 0 Å². The van der Waals surface area contributed by atoms with Crippen molar-refractivity contribution in [1.82, 2.24) is 25.2 Å². The zero-order valence-corrected chi connectivity index (χ0v) is 13.1. The fraction of sp³-hybridized carbons (Fsp3) is 0.438. The topological polar surface area (TPSA) is 71.8 Å². The van der Waals surface area contributed by atoms with E-state index in [4.69, 9.17) is 0 Å². The number of aryl methyl sites for hydroxylation is 2. The quantitative estimate of drug-likeness (QED) is 0.772. The second-order valence-corrected chi connectivity index (χ2v) is 5.25. The third-order valence-electron chi connectivity index (χ3n) is 3.51. The van der Waals surface area contributed by atoms with E-state index in [9.17, 15) is 4.79 Å². The van der Waals surface area contributed by atoms with E-state index < -0.39 is 0 Å². The SMILES string of the molecule is Cc1nccn1CCCCNC(=O)NC(C)c1ccccn1. The lowest BCUT2D eigenvalue weighted by Gasteiger charge is -2.14. The van der Waals surface area contributed by atoms with Crippen LogP contribution < -0.4 is 10.6 Å². The van der Waals surface area contributed by atoms with Gasteiger partial charge in [0.15, 0.2) is 0 Å². The van der Waals surface area contributed by atoms with Gasteiger partial charge in [-0.05, 0) is 38.8 Å². The molecule has 22 heavy (non-hydrogen) atoms. The zero-order valence-electron chi connectivity index (χ0n) is 13.1. The summed E-state index contributed by atoms with van der Waals surface area (Å²) in [6, 6.07) is 5.42. The molecule has 2 aromatic rings. The van der Waals surface area contributed by atoms with Crippen molar-refractivity contribution in [2.45, 2.75) is 39.3 Å². The van der Waals surface area contributed by atoms with Gasteiger partial charge in [0, 0.05) is 31.7 Å². The summed E-state index contributed by atoms with van der Waals surface area (Å²) in [6.07, 6.45) is 7.45. The van der Waals surface area contributed by atoms with E-state index in [0.29, 0.717) is 6.54 Å². The Hall–Kier alpha value is -2.37. The Labute approximate surface area is 131 Å². The molecule has 118 valence electrons. The molecular formula is C16H23N5O. The van der Waals surface area contributed by atoms with E-state index >= 15 is 0 Å². The second-order valence-electron chi connectivity index (χ2n) is 5.25. The molecule has 2 N–H and O–H groups in total. The molecule has 2 aromatic heterocycles. The maximum atomic E-state index is 11.8. The highest BCUT2D eigenvalue weighted by Crippen LogP contribution is 2.07. The number of amides is 2. The van der Waals surface area contributed by atoms with Crippen molar-refractivity contribution in [3.63, 3.8) is 0 Å². The number of hydrogen-bond acceptors (Lipinski definition) is 3. The molecule has 0 aliphatic carbocycles. The number of imidazole rings is 1. The largest absolute Gasteiger partial charge is 0.338 e. The molecule has 6 nitrogen and oxygen atoms in total. The van der Waals surface area contributed by atoms with Crippen LogP contribution in [0.25, 0.3) is 0 Å². The van der Waals surface area contributed by atoms with E-state index in [1.54, 1.807) is 12.4 Å². The first kappa shape index (κ1) is 16.0. The highest BCUT2D eigenvalue weighted by molar-refractivity contribution is 5.74. The van der Waals surface area contributed by atoms with Crippen molar-refractivity contribution < 1.29 is 4.79 Å². The van der Waals surface area contributed by atoms with Gasteiger partial charge in [-0.1, -0.05) is 6.07 Å². The van der Waals surface area contributed by atoms with Gasteiger partial charge in [-0.25, -0.2) is 9.78 Å². The standard InChI is InChI=1S/C16H23N5O/c1-13(15-7-3-4-8-18-15)20-16(22)19-9-5-6-11-21-12-10-17-14(21)2/h3-4,7-8,10,12-13H,5-6,9,11H2,1-2H3,(H2,19,20,22). The van der Waals surface area contributed by atoms with Crippen LogP contribution in [-0.2, 0) is 6.54 Å². The Kier molecular flexibility index (Phi) is 5.94. The number of carbonyl (C=O) groups is 1. The number of nitrogens with zero attached hydrogens (tertiary/aromatic N) is 3. The van der Waals surface area contributed by atoms with Gasteiger partial charge in [-0.15, -0.1) is 0 Å². The van der Waals surface area contributed by atoms with E-state index in [0.717, 1.165) is 30.9 Å². The average molecular weight is 301 g/mol. The molecule has 2 heterocycles. The monoisotopic (exact) mass is 301 g/mol. The molecule has 0 aliphatic heterocycles. The molecule has 0 bridgehead atoms. The van der Waals surface area contributed by atoms with Crippen LogP contribution in [0.15, 0.2) is 36.8 Å². The van der Waals surface area contributed by atoms with E-state index in [1.807, 2.05) is 38.2 Å². The molecule has 1 atom stereocenters. The van der Waals surface area contributed by atoms with Crippen LogP contribution >= 0.6 is 0 Å². The molecule has 0 radical (unpaired) electrons. The Morgan fingerprint density at radius 1 is 1.27 bits per heavy atom.